The van der Waals surface area contributed by atoms with E-state index in [2.05, 4.69) is 15.2 Å². The first-order valence-corrected chi connectivity index (χ1v) is 4.11. The molecule has 66 valence electrons. The average molecular weight is 175 g/mol. The summed E-state index contributed by atoms with van der Waals surface area (Å²) in [6.45, 7) is 0.738. The fourth-order valence-electron chi connectivity index (χ4n) is 1.02. The Hall–Kier alpha value is -1.71. The van der Waals surface area contributed by atoms with Crippen molar-refractivity contribution in [2.45, 2.75) is 6.42 Å². The van der Waals surface area contributed by atoms with E-state index in [-0.39, 0.29) is 0 Å². The molecule has 0 fully saturated rings. The van der Waals surface area contributed by atoms with Gasteiger partial charge >= 0.3 is 0 Å². The van der Waals surface area contributed by atoms with Crippen molar-refractivity contribution in [2.75, 3.05) is 6.54 Å². The molecule has 0 N–H and O–H groups in total. The molecule has 1 aromatic heterocycles. The molecule has 1 aromatic rings. The van der Waals surface area contributed by atoms with Crippen LogP contribution in [0.2, 0.25) is 0 Å². The topological polar surface area (TPSA) is 47.4 Å². The fourth-order valence-corrected chi connectivity index (χ4v) is 1.02. The predicted octanol–water partition coefficient (Wildman–Crippen LogP) is 1.16. The molecular weight excluding hydrogens is 166 g/mol. The van der Waals surface area contributed by atoms with E-state index in [9.17, 15) is 0 Å². The summed E-state index contributed by atoms with van der Waals surface area (Å²) in [5.41, 5.74) is 0.675. The normalized spacial score (nSPS) is 15.8. The lowest BCUT2D eigenvalue weighted by Crippen LogP contribution is -2.06. The number of nitrogens with zero attached hydrogens (tertiary/aromatic N) is 3. The molecule has 0 unspecified atom stereocenters. The third-order valence-electron chi connectivity index (χ3n) is 1.62. The van der Waals surface area contributed by atoms with Crippen LogP contribution >= 0.6 is 0 Å². The van der Waals surface area contributed by atoms with Gasteiger partial charge in [0.2, 0.25) is 5.90 Å². The van der Waals surface area contributed by atoms with Gasteiger partial charge in [-0.3, -0.25) is 0 Å². The lowest BCUT2D eigenvalue weighted by molar-refractivity contribution is 0.471. The Kier molecular flexibility index (Phi) is 2.31. The van der Waals surface area contributed by atoms with Crippen molar-refractivity contribution < 1.29 is 4.74 Å². The highest BCUT2D eigenvalue weighted by atomic mass is 16.5. The third-order valence-corrected chi connectivity index (χ3v) is 1.62. The van der Waals surface area contributed by atoms with Crippen LogP contribution in [0.15, 0.2) is 35.7 Å². The molecule has 13 heavy (non-hydrogen) atoms. The van der Waals surface area contributed by atoms with E-state index >= 15 is 0 Å². The van der Waals surface area contributed by atoms with Crippen molar-refractivity contribution >= 4 is 5.90 Å². The number of rotatable bonds is 1. The molecule has 1 aliphatic rings. The second kappa shape index (κ2) is 3.80. The Morgan fingerprint density at radius 1 is 1.38 bits per heavy atom. The second-order valence-corrected chi connectivity index (χ2v) is 2.57. The zero-order valence-corrected chi connectivity index (χ0v) is 7.05. The van der Waals surface area contributed by atoms with E-state index in [1.165, 1.54) is 0 Å². The zero-order valence-electron chi connectivity index (χ0n) is 7.05. The Morgan fingerprint density at radius 3 is 3.23 bits per heavy atom. The third kappa shape index (κ3) is 1.90. The first kappa shape index (κ1) is 7.91. The smallest absolute Gasteiger partial charge is 0.242 e. The molecule has 2 rings (SSSR count). The van der Waals surface area contributed by atoms with Crippen molar-refractivity contribution in [3.63, 3.8) is 0 Å². The van der Waals surface area contributed by atoms with Gasteiger partial charge < -0.3 is 4.74 Å². The van der Waals surface area contributed by atoms with E-state index in [4.69, 9.17) is 4.74 Å². The number of hydrogen-bond acceptors (Lipinski definition) is 4. The van der Waals surface area contributed by atoms with E-state index in [0.29, 0.717) is 11.6 Å². The molecule has 0 spiro atoms. The Bertz CT molecular complexity index is 332. The van der Waals surface area contributed by atoms with Gasteiger partial charge in [0.25, 0.3) is 0 Å². The lowest BCUT2D eigenvalue weighted by Gasteiger charge is -2.00. The molecule has 4 nitrogen and oxygen atoms in total. The van der Waals surface area contributed by atoms with Crippen molar-refractivity contribution in [1.29, 1.82) is 0 Å². The molecule has 0 radical (unpaired) electrons. The van der Waals surface area contributed by atoms with Gasteiger partial charge in [0, 0.05) is 12.7 Å². The highest BCUT2D eigenvalue weighted by Crippen LogP contribution is 2.02. The SMILES string of the molecule is C1=COC(c2cccnn2)=NCC1. The minimum Gasteiger partial charge on any atom is -0.446 e. The molecule has 0 saturated heterocycles. The molecule has 0 aliphatic carbocycles. The maximum Gasteiger partial charge on any atom is 0.242 e. The highest BCUT2D eigenvalue weighted by molar-refractivity contribution is 5.92. The number of aromatic nitrogens is 2. The first-order valence-electron chi connectivity index (χ1n) is 4.11. The molecule has 0 aromatic carbocycles. The monoisotopic (exact) mass is 175 g/mol. The van der Waals surface area contributed by atoms with Crippen LogP contribution in [-0.4, -0.2) is 22.6 Å². The van der Waals surface area contributed by atoms with Gasteiger partial charge in [0.05, 0.1) is 6.26 Å². The zero-order chi connectivity index (χ0) is 8.93. The number of ether oxygens (including phenoxy) is 1. The Morgan fingerprint density at radius 2 is 2.38 bits per heavy atom. The molecule has 0 amide bonds. The first-order chi connectivity index (χ1) is 6.47. The summed E-state index contributed by atoms with van der Waals surface area (Å²) >= 11 is 0. The summed E-state index contributed by atoms with van der Waals surface area (Å²) in [6, 6.07) is 3.63. The van der Waals surface area contributed by atoms with Gasteiger partial charge in [0.1, 0.15) is 5.69 Å². The van der Waals surface area contributed by atoms with E-state index in [0.717, 1.165) is 13.0 Å². The van der Waals surface area contributed by atoms with Crippen molar-refractivity contribution in [3.05, 3.63) is 36.4 Å². The van der Waals surface area contributed by atoms with Crippen LogP contribution < -0.4 is 0 Å². The average Bonchev–Trinajstić information content (AvgIpc) is 2.47. The van der Waals surface area contributed by atoms with Gasteiger partial charge in [0.15, 0.2) is 0 Å². The van der Waals surface area contributed by atoms with Gasteiger partial charge in [-0.25, -0.2) is 4.99 Å². The largest absolute Gasteiger partial charge is 0.446 e. The summed E-state index contributed by atoms with van der Waals surface area (Å²) in [4.78, 5) is 4.22. The van der Waals surface area contributed by atoms with Gasteiger partial charge in [-0.2, -0.15) is 5.10 Å². The summed E-state index contributed by atoms with van der Waals surface area (Å²) in [5.74, 6) is 0.543. The number of aliphatic imine (C=N–C) groups is 1. The summed E-state index contributed by atoms with van der Waals surface area (Å²) in [5, 5.41) is 7.66. The Labute approximate surface area is 76.0 Å². The molecular formula is C9H9N3O. The van der Waals surface area contributed by atoms with Crippen LogP contribution in [0.3, 0.4) is 0 Å². The van der Waals surface area contributed by atoms with E-state index in [1.54, 1.807) is 12.5 Å². The quantitative estimate of drug-likeness (QED) is 0.643. The molecule has 0 saturated carbocycles. The van der Waals surface area contributed by atoms with Gasteiger partial charge in [-0.1, -0.05) is 0 Å². The minimum absolute atomic E-state index is 0.543. The second-order valence-electron chi connectivity index (χ2n) is 2.57. The van der Waals surface area contributed by atoms with Crippen LogP contribution in [0.25, 0.3) is 0 Å². The predicted molar refractivity (Wildman–Crippen MR) is 48.3 cm³/mol. The van der Waals surface area contributed by atoms with Crippen LogP contribution in [0, 0.1) is 0 Å². The van der Waals surface area contributed by atoms with Crippen molar-refractivity contribution in [2.24, 2.45) is 4.99 Å². The Balaban J connectivity index is 2.25. The molecule has 2 heterocycles. The summed E-state index contributed by atoms with van der Waals surface area (Å²) in [6.07, 6.45) is 6.10. The fraction of sp³-hybridized carbons (Fsp3) is 0.222. The van der Waals surface area contributed by atoms with Crippen LogP contribution in [-0.2, 0) is 4.74 Å². The number of hydrogen-bond donors (Lipinski definition) is 0. The van der Waals surface area contributed by atoms with Gasteiger partial charge in [-0.05, 0) is 24.6 Å². The highest BCUT2D eigenvalue weighted by Gasteiger charge is 2.06. The van der Waals surface area contributed by atoms with E-state index < -0.39 is 0 Å². The molecule has 1 aliphatic heterocycles. The van der Waals surface area contributed by atoms with Crippen LogP contribution in [0.5, 0.6) is 0 Å². The van der Waals surface area contributed by atoms with Crippen LogP contribution in [0.1, 0.15) is 12.1 Å². The maximum atomic E-state index is 5.26. The molecule has 0 atom stereocenters. The standard InChI is InChI=1S/C9H9N3O/c1-2-7-13-9(10-5-1)8-4-3-6-11-12-8/h2-4,6-7H,1,5H2. The summed E-state index contributed by atoms with van der Waals surface area (Å²) < 4.78 is 5.26. The minimum atomic E-state index is 0.543. The van der Waals surface area contributed by atoms with E-state index in [1.807, 2.05) is 18.2 Å². The maximum absolute atomic E-state index is 5.26. The van der Waals surface area contributed by atoms with Crippen molar-refractivity contribution in [3.8, 4) is 0 Å². The molecule has 0 bridgehead atoms. The van der Waals surface area contributed by atoms with Crippen molar-refractivity contribution in [1.82, 2.24) is 10.2 Å². The molecule has 4 heteroatoms. The van der Waals surface area contributed by atoms with Crippen LogP contribution in [0.4, 0.5) is 0 Å². The summed E-state index contributed by atoms with van der Waals surface area (Å²) in [7, 11) is 0. The van der Waals surface area contributed by atoms with Gasteiger partial charge in [-0.15, -0.1) is 5.10 Å². The lowest BCUT2D eigenvalue weighted by atomic mass is 10.4.